The van der Waals surface area contributed by atoms with E-state index in [2.05, 4.69) is 73.6 Å². The Morgan fingerprint density at radius 1 is 0.818 bits per heavy atom. The fourth-order valence-electron chi connectivity index (χ4n) is 2.42. The Hall–Kier alpha value is -1.44. The molecule has 0 aliphatic heterocycles. The van der Waals surface area contributed by atoms with Gasteiger partial charge >= 0.3 is 0 Å². The summed E-state index contributed by atoms with van der Waals surface area (Å²) in [6.45, 7) is 0. The summed E-state index contributed by atoms with van der Waals surface area (Å²) in [7, 11) is 4.14. The molecule has 0 unspecified atom stereocenters. The predicted octanol–water partition coefficient (Wildman–Crippen LogP) is 4.68. The second-order valence-corrected chi connectivity index (χ2v) is 5.18. The van der Waals surface area contributed by atoms with Crippen molar-refractivity contribution in [2.75, 3.05) is 19.0 Å². The summed E-state index contributed by atoms with van der Waals surface area (Å²) in [6, 6.07) is 29.3. The Morgan fingerprint density at radius 3 is 2.18 bits per heavy atom. The molecular weight excluding hydrogens is 343 g/mol. The summed E-state index contributed by atoms with van der Waals surface area (Å²) in [5, 5.41) is 0. The standard InChI is InChI=1S/C20H17N.Y/c1-21(2)20-15-18(16-9-5-3-6-10-16)13-14-19(20)17-11-7-4-8-12-17;/h3-9,11-12,14-15H,1-2H3;/q-2;. The summed E-state index contributed by atoms with van der Waals surface area (Å²) in [6.07, 6.45) is 0. The molecule has 0 aliphatic carbocycles. The summed E-state index contributed by atoms with van der Waals surface area (Å²) in [5.41, 5.74) is 5.73. The molecule has 0 amide bonds. The maximum absolute atomic E-state index is 3.39. The molecule has 0 aromatic heterocycles. The van der Waals surface area contributed by atoms with Crippen LogP contribution in [0.25, 0.3) is 22.3 Å². The van der Waals surface area contributed by atoms with E-state index in [1.807, 2.05) is 24.3 Å². The number of nitrogens with zero attached hydrogens (tertiary/aromatic N) is 1. The molecule has 0 heterocycles. The van der Waals surface area contributed by atoms with Gasteiger partial charge in [0, 0.05) is 46.8 Å². The first-order valence-corrected chi connectivity index (χ1v) is 7.01. The first-order valence-electron chi connectivity index (χ1n) is 7.01. The van der Waals surface area contributed by atoms with Crippen molar-refractivity contribution in [3.8, 4) is 22.3 Å². The van der Waals surface area contributed by atoms with Gasteiger partial charge in [0.1, 0.15) is 0 Å². The van der Waals surface area contributed by atoms with Crippen LogP contribution in [0, 0.1) is 12.1 Å². The van der Waals surface area contributed by atoms with Crippen LogP contribution in [0.2, 0.25) is 0 Å². The van der Waals surface area contributed by atoms with E-state index in [4.69, 9.17) is 0 Å². The second-order valence-electron chi connectivity index (χ2n) is 5.18. The number of benzene rings is 3. The van der Waals surface area contributed by atoms with Gasteiger partial charge in [-0.3, -0.25) is 0 Å². The largest absolute Gasteiger partial charge is 0.394 e. The molecule has 2 heteroatoms. The van der Waals surface area contributed by atoms with Crippen molar-refractivity contribution in [2.24, 2.45) is 0 Å². The van der Waals surface area contributed by atoms with Crippen molar-refractivity contribution < 1.29 is 32.7 Å². The van der Waals surface area contributed by atoms with Gasteiger partial charge in [0.05, 0.1) is 0 Å². The molecular formula is C20H17NY-2. The molecule has 0 fully saturated rings. The Kier molecular flexibility index (Phi) is 5.93. The van der Waals surface area contributed by atoms with Crippen LogP contribution in [-0.4, -0.2) is 14.1 Å². The number of anilines is 1. The Morgan fingerprint density at radius 2 is 1.55 bits per heavy atom. The van der Waals surface area contributed by atoms with E-state index in [1.54, 1.807) is 0 Å². The van der Waals surface area contributed by atoms with Gasteiger partial charge < -0.3 is 4.90 Å². The first kappa shape index (κ1) is 16.9. The van der Waals surface area contributed by atoms with E-state index in [1.165, 1.54) is 16.8 Å². The van der Waals surface area contributed by atoms with Crippen molar-refractivity contribution in [3.05, 3.63) is 78.9 Å². The Bertz CT molecular complexity index is 721. The number of hydrogen-bond acceptors (Lipinski definition) is 1. The van der Waals surface area contributed by atoms with Gasteiger partial charge in [-0.2, -0.15) is 36.4 Å². The molecule has 0 aliphatic rings. The fourth-order valence-corrected chi connectivity index (χ4v) is 2.42. The van der Waals surface area contributed by atoms with E-state index < -0.39 is 0 Å². The second kappa shape index (κ2) is 7.71. The molecule has 0 saturated heterocycles. The van der Waals surface area contributed by atoms with Crippen LogP contribution in [0.5, 0.6) is 0 Å². The van der Waals surface area contributed by atoms with Gasteiger partial charge in [-0.25, -0.2) is 11.1 Å². The first-order chi connectivity index (χ1) is 10.3. The van der Waals surface area contributed by atoms with Gasteiger partial charge in [0.2, 0.25) is 0 Å². The number of hydrogen-bond donors (Lipinski definition) is 0. The van der Waals surface area contributed by atoms with E-state index in [0.717, 1.165) is 11.1 Å². The molecule has 0 bridgehead atoms. The molecule has 0 N–H and O–H groups in total. The molecule has 22 heavy (non-hydrogen) atoms. The maximum atomic E-state index is 3.39. The SMILES string of the molecule is CN(C)c1cc(-c2[c-]cccc2)[c-]cc1-c1ccccc1.[Y]. The third-order valence-electron chi connectivity index (χ3n) is 3.49. The topological polar surface area (TPSA) is 3.24 Å². The smallest absolute Gasteiger partial charge is 0.00453 e. The minimum absolute atomic E-state index is 0. The monoisotopic (exact) mass is 360 g/mol. The van der Waals surface area contributed by atoms with Crippen molar-refractivity contribution in [2.45, 2.75) is 0 Å². The average molecular weight is 360 g/mol. The molecule has 3 rings (SSSR count). The minimum Gasteiger partial charge on any atom is -0.394 e. The molecule has 3 aromatic rings. The molecule has 3 aromatic carbocycles. The normalized spacial score (nSPS) is 9.91. The van der Waals surface area contributed by atoms with Gasteiger partial charge in [-0.05, 0) is 5.69 Å². The van der Waals surface area contributed by atoms with Gasteiger partial charge in [-0.1, -0.05) is 41.5 Å². The average Bonchev–Trinajstić information content (AvgIpc) is 2.56. The van der Waals surface area contributed by atoms with Crippen molar-refractivity contribution >= 4 is 5.69 Å². The molecule has 0 saturated carbocycles. The summed E-state index contributed by atoms with van der Waals surface area (Å²) in [4.78, 5) is 2.14. The summed E-state index contributed by atoms with van der Waals surface area (Å²) >= 11 is 0. The van der Waals surface area contributed by atoms with E-state index in [9.17, 15) is 0 Å². The van der Waals surface area contributed by atoms with E-state index >= 15 is 0 Å². The predicted molar refractivity (Wildman–Crippen MR) is 89.3 cm³/mol. The van der Waals surface area contributed by atoms with E-state index in [-0.39, 0.29) is 32.7 Å². The van der Waals surface area contributed by atoms with Gasteiger partial charge in [0.25, 0.3) is 0 Å². The van der Waals surface area contributed by atoms with Crippen molar-refractivity contribution in [3.63, 3.8) is 0 Å². The van der Waals surface area contributed by atoms with Crippen LogP contribution in [0.15, 0.2) is 66.7 Å². The summed E-state index contributed by atoms with van der Waals surface area (Å²) < 4.78 is 0. The molecule has 107 valence electrons. The third kappa shape index (κ3) is 3.66. The van der Waals surface area contributed by atoms with Crippen molar-refractivity contribution in [1.82, 2.24) is 0 Å². The molecule has 1 radical (unpaired) electrons. The van der Waals surface area contributed by atoms with E-state index in [0.29, 0.717) is 0 Å². The molecule has 1 nitrogen and oxygen atoms in total. The molecule has 0 spiro atoms. The maximum Gasteiger partial charge on any atom is 0.00453 e. The van der Waals surface area contributed by atoms with Crippen LogP contribution in [0.3, 0.4) is 0 Å². The van der Waals surface area contributed by atoms with Crippen LogP contribution >= 0.6 is 0 Å². The molecule has 0 atom stereocenters. The van der Waals surface area contributed by atoms with Gasteiger partial charge in [-0.15, -0.1) is 12.1 Å². The Labute approximate surface area is 157 Å². The quantitative estimate of drug-likeness (QED) is 0.613. The van der Waals surface area contributed by atoms with Crippen LogP contribution in [-0.2, 0) is 32.7 Å². The zero-order valence-corrected chi connectivity index (χ0v) is 15.7. The number of rotatable bonds is 3. The zero-order chi connectivity index (χ0) is 14.7. The minimum atomic E-state index is 0. The third-order valence-corrected chi connectivity index (χ3v) is 3.49. The fraction of sp³-hybridized carbons (Fsp3) is 0.100. The van der Waals surface area contributed by atoms with Crippen molar-refractivity contribution in [1.29, 1.82) is 0 Å². The Balaban J connectivity index is 0.00000176. The van der Waals surface area contributed by atoms with Crippen LogP contribution in [0.1, 0.15) is 0 Å². The summed E-state index contributed by atoms with van der Waals surface area (Å²) in [5.74, 6) is 0. The van der Waals surface area contributed by atoms with Gasteiger partial charge in [0.15, 0.2) is 0 Å². The zero-order valence-electron chi connectivity index (χ0n) is 12.9. The van der Waals surface area contributed by atoms with Crippen LogP contribution in [0.4, 0.5) is 5.69 Å². The van der Waals surface area contributed by atoms with Crippen LogP contribution < -0.4 is 4.90 Å².